The molecule has 1 aliphatic carbocycles. The summed E-state index contributed by atoms with van der Waals surface area (Å²) in [5, 5.41) is 3.56. The molecule has 1 aliphatic rings. The van der Waals surface area contributed by atoms with Gasteiger partial charge in [-0.3, -0.25) is 0 Å². The van der Waals surface area contributed by atoms with E-state index in [0.29, 0.717) is 5.41 Å². The van der Waals surface area contributed by atoms with Gasteiger partial charge in [-0.2, -0.15) is 0 Å². The zero-order chi connectivity index (χ0) is 14.5. The van der Waals surface area contributed by atoms with Gasteiger partial charge in [-0.05, 0) is 68.4 Å². The Labute approximate surface area is 121 Å². The van der Waals surface area contributed by atoms with Crippen LogP contribution in [-0.2, 0) is 0 Å². The molecule has 3 atom stereocenters. The van der Waals surface area contributed by atoms with Crippen molar-refractivity contribution in [3.05, 3.63) is 12.2 Å². The molecule has 3 unspecified atom stereocenters. The maximum absolute atomic E-state index is 4.25. The quantitative estimate of drug-likeness (QED) is 0.664. The highest BCUT2D eigenvalue weighted by molar-refractivity contribution is 4.98. The molecule has 1 nitrogen and oxygen atoms in total. The fraction of sp³-hybridized carbons (Fsp3) is 0.889. The Morgan fingerprint density at radius 1 is 1.16 bits per heavy atom. The molecule has 1 rings (SSSR count). The van der Waals surface area contributed by atoms with Gasteiger partial charge >= 0.3 is 0 Å². The van der Waals surface area contributed by atoms with E-state index in [0.717, 1.165) is 30.7 Å². The molecule has 0 aliphatic heterocycles. The molecule has 0 spiro atoms. The Morgan fingerprint density at radius 3 is 2.37 bits per heavy atom. The van der Waals surface area contributed by atoms with Crippen LogP contribution in [0.2, 0.25) is 0 Å². The molecule has 1 heteroatoms. The van der Waals surface area contributed by atoms with Crippen LogP contribution in [0.3, 0.4) is 0 Å². The van der Waals surface area contributed by atoms with E-state index in [9.17, 15) is 0 Å². The van der Waals surface area contributed by atoms with E-state index in [-0.39, 0.29) is 0 Å². The van der Waals surface area contributed by atoms with Crippen molar-refractivity contribution in [2.75, 3.05) is 13.1 Å². The van der Waals surface area contributed by atoms with Crippen molar-refractivity contribution in [1.82, 2.24) is 5.32 Å². The molecule has 0 aromatic rings. The van der Waals surface area contributed by atoms with E-state index in [2.05, 4.69) is 46.5 Å². The monoisotopic (exact) mass is 265 g/mol. The van der Waals surface area contributed by atoms with Crippen LogP contribution in [0.4, 0.5) is 0 Å². The molecular formula is C18H35N. The van der Waals surface area contributed by atoms with Gasteiger partial charge in [0, 0.05) is 0 Å². The Morgan fingerprint density at radius 2 is 1.84 bits per heavy atom. The van der Waals surface area contributed by atoms with Crippen molar-refractivity contribution in [2.24, 2.45) is 23.2 Å². The molecule has 0 bridgehead atoms. The van der Waals surface area contributed by atoms with Crippen molar-refractivity contribution in [3.63, 3.8) is 0 Å². The first-order valence-corrected chi connectivity index (χ1v) is 8.25. The smallest absolute Gasteiger partial charge is 0.00179 e. The van der Waals surface area contributed by atoms with Crippen molar-refractivity contribution < 1.29 is 0 Å². The highest BCUT2D eigenvalue weighted by Gasteiger charge is 2.35. The lowest BCUT2D eigenvalue weighted by Gasteiger charge is -2.42. The van der Waals surface area contributed by atoms with Gasteiger partial charge < -0.3 is 5.32 Å². The molecule has 112 valence electrons. The predicted octanol–water partition coefficient (Wildman–Crippen LogP) is 5.03. The molecule has 0 radical (unpaired) electrons. The lowest BCUT2D eigenvalue weighted by atomic mass is 9.64. The fourth-order valence-corrected chi connectivity index (χ4v) is 3.48. The highest BCUT2D eigenvalue weighted by Crippen LogP contribution is 2.44. The Kier molecular flexibility index (Phi) is 6.59. The molecular weight excluding hydrogens is 230 g/mol. The summed E-state index contributed by atoms with van der Waals surface area (Å²) in [4.78, 5) is 0. The van der Waals surface area contributed by atoms with E-state index < -0.39 is 0 Å². The largest absolute Gasteiger partial charge is 0.317 e. The maximum atomic E-state index is 4.25. The first-order valence-electron chi connectivity index (χ1n) is 8.25. The number of nitrogens with one attached hydrogen (secondary N) is 1. The summed E-state index contributed by atoms with van der Waals surface area (Å²) in [5.74, 6) is 2.60. The topological polar surface area (TPSA) is 12.0 Å². The van der Waals surface area contributed by atoms with Gasteiger partial charge in [0.2, 0.25) is 0 Å². The third-order valence-electron chi connectivity index (χ3n) is 5.07. The Bertz CT molecular complexity index is 274. The minimum atomic E-state index is 0.467. The summed E-state index contributed by atoms with van der Waals surface area (Å²) in [6.07, 6.45) is 6.60. The number of rotatable bonds is 6. The second-order valence-electron chi connectivity index (χ2n) is 7.51. The standard InChI is InChI=1S/C18H35N/c1-7-14(3)11-16-12-17(18(4,5)6)10-9-15(16)13-19-8-2/h15-17,19H,3,7-13H2,1-2,4-6H3. The number of allylic oxidation sites excluding steroid dienone is 1. The molecule has 19 heavy (non-hydrogen) atoms. The molecule has 0 amide bonds. The van der Waals surface area contributed by atoms with Gasteiger partial charge in [-0.1, -0.05) is 46.8 Å². The average Bonchev–Trinajstić information content (AvgIpc) is 2.35. The molecule has 1 saturated carbocycles. The molecule has 0 saturated heterocycles. The Hall–Kier alpha value is -0.300. The average molecular weight is 265 g/mol. The summed E-state index contributed by atoms with van der Waals surface area (Å²) in [6, 6.07) is 0. The molecule has 0 aromatic heterocycles. The predicted molar refractivity (Wildman–Crippen MR) is 86.4 cm³/mol. The SMILES string of the molecule is C=C(CC)CC1CC(C(C)(C)C)CCC1CNCC. The number of hydrogen-bond donors (Lipinski definition) is 1. The van der Waals surface area contributed by atoms with E-state index >= 15 is 0 Å². The van der Waals surface area contributed by atoms with E-state index in [1.165, 1.54) is 37.8 Å². The zero-order valence-electron chi connectivity index (χ0n) is 13.9. The van der Waals surface area contributed by atoms with Gasteiger partial charge in [-0.25, -0.2) is 0 Å². The van der Waals surface area contributed by atoms with Crippen LogP contribution < -0.4 is 5.32 Å². The second-order valence-corrected chi connectivity index (χ2v) is 7.51. The molecule has 1 fully saturated rings. The molecule has 1 N–H and O–H groups in total. The summed E-state index contributed by atoms with van der Waals surface area (Å²) in [7, 11) is 0. The zero-order valence-corrected chi connectivity index (χ0v) is 13.9. The number of hydrogen-bond acceptors (Lipinski definition) is 1. The Balaban J connectivity index is 2.65. The van der Waals surface area contributed by atoms with Gasteiger partial charge in [0.15, 0.2) is 0 Å². The van der Waals surface area contributed by atoms with Crippen molar-refractivity contribution in [3.8, 4) is 0 Å². The van der Waals surface area contributed by atoms with E-state index in [1.54, 1.807) is 0 Å². The van der Waals surface area contributed by atoms with Gasteiger partial charge in [0.1, 0.15) is 0 Å². The summed E-state index contributed by atoms with van der Waals surface area (Å²) >= 11 is 0. The maximum Gasteiger partial charge on any atom is -0.00179 e. The molecule has 0 heterocycles. The van der Waals surface area contributed by atoms with Crippen molar-refractivity contribution in [2.45, 2.75) is 66.7 Å². The summed E-state index contributed by atoms with van der Waals surface area (Å²) in [5.41, 5.74) is 1.91. The molecule has 0 aromatic carbocycles. The summed E-state index contributed by atoms with van der Waals surface area (Å²) < 4.78 is 0. The van der Waals surface area contributed by atoms with E-state index in [1.807, 2.05) is 0 Å². The van der Waals surface area contributed by atoms with Crippen LogP contribution in [0.5, 0.6) is 0 Å². The lowest BCUT2D eigenvalue weighted by molar-refractivity contribution is 0.0971. The van der Waals surface area contributed by atoms with E-state index in [4.69, 9.17) is 0 Å². The van der Waals surface area contributed by atoms with Crippen molar-refractivity contribution >= 4 is 0 Å². The first-order chi connectivity index (χ1) is 8.88. The highest BCUT2D eigenvalue weighted by atomic mass is 14.8. The lowest BCUT2D eigenvalue weighted by Crippen LogP contribution is -2.36. The second kappa shape index (κ2) is 7.47. The minimum Gasteiger partial charge on any atom is -0.317 e. The normalized spacial score (nSPS) is 28.4. The van der Waals surface area contributed by atoms with Crippen LogP contribution in [-0.4, -0.2) is 13.1 Å². The minimum absolute atomic E-state index is 0.467. The van der Waals surface area contributed by atoms with Crippen LogP contribution in [0, 0.1) is 23.2 Å². The van der Waals surface area contributed by atoms with Crippen LogP contribution in [0.1, 0.15) is 66.7 Å². The van der Waals surface area contributed by atoms with Crippen LogP contribution in [0.15, 0.2) is 12.2 Å². The van der Waals surface area contributed by atoms with Gasteiger partial charge in [0.05, 0.1) is 0 Å². The van der Waals surface area contributed by atoms with Crippen molar-refractivity contribution in [1.29, 1.82) is 0 Å². The summed E-state index contributed by atoms with van der Waals surface area (Å²) in [6.45, 7) is 18.2. The first kappa shape index (κ1) is 16.8. The fourth-order valence-electron chi connectivity index (χ4n) is 3.48. The van der Waals surface area contributed by atoms with Gasteiger partial charge in [0.25, 0.3) is 0 Å². The third kappa shape index (κ3) is 5.30. The van der Waals surface area contributed by atoms with Crippen LogP contribution in [0.25, 0.3) is 0 Å². The third-order valence-corrected chi connectivity index (χ3v) is 5.07. The van der Waals surface area contributed by atoms with Crippen LogP contribution >= 0.6 is 0 Å². The van der Waals surface area contributed by atoms with Gasteiger partial charge in [-0.15, -0.1) is 0 Å².